The van der Waals surface area contributed by atoms with Gasteiger partial charge in [-0.2, -0.15) is 0 Å². The lowest BCUT2D eigenvalue weighted by Gasteiger charge is -2.26. The van der Waals surface area contributed by atoms with Gasteiger partial charge in [-0.25, -0.2) is 9.69 Å². The van der Waals surface area contributed by atoms with Gasteiger partial charge in [-0.05, 0) is 80.6 Å². The van der Waals surface area contributed by atoms with Crippen molar-refractivity contribution in [2.45, 2.75) is 47.0 Å². The second-order valence-electron chi connectivity index (χ2n) is 8.86. The minimum atomic E-state index is -0.742. The summed E-state index contributed by atoms with van der Waals surface area (Å²) in [5.41, 5.74) is 6.28. The van der Waals surface area contributed by atoms with Crippen molar-refractivity contribution in [3.8, 4) is 5.69 Å². The van der Waals surface area contributed by atoms with E-state index in [1.54, 1.807) is 18.2 Å². The number of aryl methyl sites for hydroxylation is 2. The van der Waals surface area contributed by atoms with Crippen molar-refractivity contribution in [1.29, 1.82) is 0 Å². The van der Waals surface area contributed by atoms with Gasteiger partial charge in [0.25, 0.3) is 11.8 Å². The molecule has 1 saturated heterocycles. The highest BCUT2D eigenvalue weighted by molar-refractivity contribution is 6.39. The molecule has 4 amide bonds. The van der Waals surface area contributed by atoms with Crippen LogP contribution >= 0.6 is 0 Å². The predicted molar refractivity (Wildman–Crippen MR) is 134 cm³/mol. The molecule has 34 heavy (non-hydrogen) atoms. The largest absolute Gasteiger partial charge is 0.335 e. The Hall–Kier alpha value is -3.93. The van der Waals surface area contributed by atoms with Crippen LogP contribution in [-0.2, 0) is 9.59 Å². The third-order valence-electron chi connectivity index (χ3n) is 6.50. The summed E-state index contributed by atoms with van der Waals surface area (Å²) in [7, 11) is 0. The van der Waals surface area contributed by atoms with E-state index < -0.39 is 17.8 Å². The van der Waals surface area contributed by atoms with Gasteiger partial charge in [0.05, 0.1) is 5.69 Å². The summed E-state index contributed by atoms with van der Waals surface area (Å²) in [6.45, 7) is 10.2. The van der Waals surface area contributed by atoms with Crippen LogP contribution in [0.4, 0.5) is 10.5 Å². The molecule has 174 valence electrons. The Balaban J connectivity index is 1.70. The van der Waals surface area contributed by atoms with Gasteiger partial charge in [0.15, 0.2) is 0 Å². The lowest BCUT2D eigenvalue weighted by Crippen LogP contribution is -2.54. The minimum absolute atomic E-state index is 0.0743. The number of nitrogens with zero attached hydrogens (tertiary/aromatic N) is 2. The maximum absolute atomic E-state index is 13.3. The zero-order valence-electron chi connectivity index (χ0n) is 20.2. The number of carbonyl (C=O) groups is 3. The Morgan fingerprint density at radius 2 is 1.53 bits per heavy atom. The summed E-state index contributed by atoms with van der Waals surface area (Å²) in [6, 6.07) is 16.7. The number of barbiturate groups is 1. The van der Waals surface area contributed by atoms with Gasteiger partial charge in [-0.3, -0.25) is 14.9 Å². The lowest BCUT2D eigenvalue weighted by atomic mass is 9.98. The average Bonchev–Trinajstić information content (AvgIpc) is 3.09. The second kappa shape index (κ2) is 9.14. The van der Waals surface area contributed by atoms with E-state index in [0.717, 1.165) is 39.5 Å². The van der Waals surface area contributed by atoms with Crippen molar-refractivity contribution >= 4 is 29.6 Å². The van der Waals surface area contributed by atoms with Crippen LogP contribution in [0.15, 0.2) is 60.2 Å². The molecule has 1 fully saturated rings. The van der Waals surface area contributed by atoms with Crippen LogP contribution in [0, 0.1) is 20.8 Å². The first-order valence-corrected chi connectivity index (χ1v) is 11.5. The zero-order chi connectivity index (χ0) is 24.6. The standard InChI is InChI=1S/C28H29N3O3/c1-6-18(3)21-9-13-24(14-10-21)31-27(33)25(26(32)29-28(31)34)16-22-15-19(4)30(20(22)5)23-11-7-17(2)8-12-23/h7-16,18H,6H2,1-5H3,(H,29,32,34)/b25-16+. The molecule has 1 atom stereocenters. The number of imide groups is 2. The van der Waals surface area contributed by atoms with Crippen molar-refractivity contribution in [3.05, 3.63) is 88.2 Å². The summed E-state index contributed by atoms with van der Waals surface area (Å²) in [5.74, 6) is -0.950. The average molecular weight is 456 g/mol. The molecule has 0 spiro atoms. The van der Waals surface area contributed by atoms with Gasteiger partial charge in [0, 0.05) is 17.1 Å². The van der Waals surface area contributed by atoms with Crippen molar-refractivity contribution in [2.24, 2.45) is 0 Å². The number of benzene rings is 2. The molecule has 1 unspecified atom stereocenters. The van der Waals surface area contributed by atoms with E-state index in [4.69, 9.17) is 0 Å². The number of carbonyl (C=O) groups excluding carboxylic acids is 3. The fraction of sp³-hybridized carbons (Fsp3) is 0.250. The lowest BCUT2D eigenvalue weighted by molar-refractivity contribution is -0.122. The normalized spacial score (nSPS) is 16.2. The molecule has 4 rings (SSSR count). The number of nitrogens with one attached hydrogen (secondary N) is 1. The molecule has 1 aromatic heterocycles. The molecule has 0 radical (unpaired) electrons. The Bertz CT molecular complexity index is 1300. The van der Waals surface area contributed by atoms with E-state index in [1.807, 2.05) is 63.2 Å². The number of urea groups is 1. The summed E-state index contributed by atoms with van der Waals surface area (Å²) in [5, 5.41) is 2.31. The van der Waals surface area contributed by atoms with Gasteiger partial charge in [-0.15, -0.1) is 0 Å². The molecule has 1 N–H and O–H groups in total. The first kappa shape index (κ1) is 23.2. The van der Waals surface area contributed by atoms with Crippen LogP contribution in [-0.4, -0.2) is 22.4 Å². The SMILES string of the molecule is CCC(C)c1ccc(N2C(=O)NC(=O)/C(=C\c3cc(C)n(-c4ccc(C)cc4)c3C)C2=O)cc1. The predicted octanol–water partition coefficient (Wildman–Crippen LogP) is 5.58. The molecule has 6 nitrogen and oxygen atoms in total. The molecule has 0 aliphatic carbocycles. The number of aromatic nitrogens is 1. The van der Waals surface area contributed by atoms with Crippen molar-refractivity contribution < 1.29 is 14.4 Å². The van der Waals surface area contributed by atoms with Crippen LogP contribution in [0.3, 0.4) is 0 Å². The maximum Gasteiger partial charge on any atom is 0.335 e. The Morgan fingerprint density at radius 3 is 2.15 bits per heavy atom. The summed E-state index contributed by atoms with van der Waals surface area (Å²) < 4.78 is 2.08. The highest BCUT2D eigenvalue weighted by Gasteiger charge is 2.37. The van der Waals surface area contributed by atoms with Crippen LogP contribution in [0.1, 0.15) is 54.3 Å². The quantitative estimate of drug-likeness (QED) is 0.403. The highest BCUT2D eigenvalue weighted by atomic mass is 16.2. The third kappa shape index (κ3) is 4.19. The van der Waals surface area contributed by atoms with Crippen LogP contribution in [0.25, 0.3) is 11.8 Å². The van der Waals surface area contributed by atoms with Crippen LogP contribution in [0.2, 0.25) is 0 Å². The van der Waals surface area contributed by atoms with Gasteiger partial charge < -0.3 is 4.57 Å². The van der Waals surface area contributed by atoms with E-state index in [1.165, 1.54) is 5.56 Å². The van der Waals surface area contributed by atoms with Gasteiger partial charge in [0.1, 0.15) is 5.57 Å². The monoisotopic (exact) mass is 455 g/mol. The van der Waals surface area contributed by atoms with Crippen LogP contribution < -0.4 is 10.2 Å². The fourth-order valence-electron chi connectivity index (χ4n) is 4.26. The zero-order valence-corrected chi connectivity index (χ0v) is 20.2. The molecule has 2 heterocycles. The summed E-state index contributed by atoms with van der Waals surface area (Å²) in [4.78, 5) is 39.5. The Labute approximate surface area is 199 Å². The molecular formula is C28H29N3O3. The van der Waals surface area contributed by atoms with E-state index in [9.17, 15) is 14.4 Å². The van der Waals surface area contributed by atoms with Crippen molar-refractivity contribution in [2.75, 3.05) is 4.90 Å². The number of anilines is 1. The second-order valence-corrected chi connectivity index (χ2v) is 8.86. The molecule has 2 aromatic carbocycles. The van der Waals surface area contributed by atoms with Gasteiger partial charge in [0.2, 0.25) is 0 Å². The first-order valence-electron chi connectivity index (χ1n) is 11.5. The van der Waals surface area contributed by atoms with Crippen molar-refractivity contribution in [3.63, 3.8) is 0 Å². The van der Waals surface area contributed by atoms with Gasteiger partial charge in [-0.1, -0.05) is 43.7 Å². The molecule has 0 bridgehead atoms. The third-order valence-corrected chi connectivity index (χ3v) is 6.50. The maximum atomic E-state index is 13.3. The van der Waals surface area contributed by atoms with E-state index in [2.05, 4.69) is 23.7 Å². The molecule has 0 saturated carbocycles. The first-order chi connectivity index (χ1) is 16.2. The fourth-order valence-corrected chi connectivity index (χ4v) is 4.26. The van der Waals surface area contributed by atoms with E-state index >= 15 is 0 Å². The number of amides is 4. The smallest absolute Gasteiger partial charge is 0.318 e. The number of hydrogen-bond acceptors (Lipinski definition) is 3. The van der Waals surface area contributed by atoms with E-state index in [0.29, 0.717) is 11.6 Å². The van der Waals surface area contributed by atoms with Crippen LogP contribution in [0.5, 0.6) is 0 Å². The molecule has 1 aliphatic rings. The number of hydrogen-bond donors (Lipinski definition) is 1. The molecule has 3 aromatic rings. The highest BCUT2D eigenvalue weighted by Crippen LogP contribution is 2.27. The Morgan fingerprint density at radius 1 is 0.912 bits per heavy atom. The molecule has 6 heteroatoms. The summed E-state index contributed by atoms with van der Waals surface area (Å²) in [6.07, 6.45) is 2.56. The Kier molecular flexibility index (Phi) is 6.24. The van der Waals surface area contributed by atoms with Crippen molar-refractivity contribution in [1.82, 2.24) is 9.88 Å². The van der Waals surface area contributed by atoms with E-state index in [-0.39, 0.29) is 5.57 Å². The molecular weight excluding hydrogens is 426 g/mol. The topological polar surface area (TPSA) is 71.4 Å². The minimum Gasteiger partial charge on any atom is -0.318 e. The number of rotatable bonds is 5. The summed E-state index contributed by atoms with van der Waals surface area (Å²) >= 11 is 0. The molecule has 1 aliphatic heterocycles. The van der Waals surface area contributed by atoms with Gasteiger partial charge >= 0.3 is 6.03 Å².